The fourth-order valence-corrected chi connectivity index (χ4v) is 3.56. The number of aromatic nitrogens is 1. The third kappa shape index (κ3) is 4.43. The Kier molecular flexibility index (Phi) is 4.63. The van der Waals surface area contributed by atoms with Gasteiger partial charge in [-0.1, -0.05) is 6.07 Å². The van der Waals surface area contributed by atoms with Gasteiger partial charge in [0, 0.05) is 24.5 Å². The molecule has 23 heavy (non-hydrogen) atoms. The molecule has 0 aliphatic rings. The molecule has 1 amide bonds. The van der Waals surface area contributed by atoms with Crippen molar-refractivity contribution >= 4 is 21.6 Å². The summed E-state index contributed by atoms with van der Waals surface area (Å²) in [6, 6.07) is 9.63. The van der Waals surface area contributed by atoms with Crippen LogP contribution in [0.2, 0.25) is 0 Å². The molecular formula is C16H21N3O3S. The summed E-state index contributed by atoms with van der Waals surface area (Å²) in [6.07, 6.45) is 1.77. The van der Waals surface area contributed by atoms with Crippen molar-refractivity contribution in [3.8, 4) is 0 Å². The van der Waals surface area contributed by atoms with Gasteiger partial charge in [-0.2, -0.15) is 0 Å². The molecule has 1 aromatic carbocycles. The number of rotatable bonds is 4. The highest BCUT2D eigenvalue weighted by Crippen LogP contribution is 2.18. The Hall–Kier alpha value is -2.12. The molecule has 2 rings (SSSR count). The Morgan fingerprint density at radius 1 is 1.13 bits per heavy atom. The Bertz CT molecular complexity index is 817. The lowest BCUT2D eigenvalue weighted by Gasteiger charge is -2.20. The standard InChI is InChI=1S/C16H21N3O3S/c1-16(2,3)18-23(21,22)13-8-5-7-12(11-13)17-15(20)14-9-6-10-19(14)4/h5-11,18H,1-4H3,(H,17,20). The first kappa shape index (κ1) is 17.2. The van der Waals surface area contributed by atoms with E-state index in [-0.39, 0.29) is 10.8 Å². The number of anilines is 1. The molecule has 0 bridgehead atoms. The van der Waals surface area contributed by atoms with Crippen LogP contribution in [0.15, 0.2) is 47.5 Å². The Labute approximate surface area is 136 Å². The number of benzene rings is 1. The van der Waals surface area contributed by atoms with Crippen LogP contribution in [-0.4, -0.2) is 24.4 Å². The molecular weight excluding hydrogens is 314 g/mol. The van der Waals surface area contributed by atoms with Crippen molar-refractivity contribution in [2.45, 2.75) is 31.2 Å². The third-order valence-electron chi connectivity index (χ3n) is 3.02. The quantitative estimate of drug-likeness (QED) is 0.900. The van der Waals surface area contributed by atoms with E-state index in [0.29, 0.717) is 11.4 Å². The highest BCUT2D eigenvalue weighted by molar-refractivity contribution is 7.89. The van der Waals surface area contributed by atoms with E-state index < -0.39 is 15.6 Å². The van der Waals surface area contributed by atoms with Gasteiger partial charge in [-0.05, 0) is 51.1 Å². The first-order valence-electron chi connectivity index (χ1n) is 7.15. The van der Waals surface area contributed by atoms with Crippen LogP contribution in [0.1, 0.15) is 31.3 Å². The van der Waals surface area contributed by atoms with E-state index in [4.69, 9.17) is 0 Å². The van der Waals surface area contributed by atoms with Crippen molar-refractivity contribution < 1.29 is 13.2 Å². The number of amides is 1. The van der Waals surface area contributed by atoms with Crippen molar-refractivity contribution in [3.05, 3.63) is 48.3 Å². The van der Waals surface area contributed by atoms with E-state index in [1.165, 1.54) is 12.1 Å². The molecule has 0 radical (unpaired) electrons. The number of nitrogens with one attached hydrogen (secondary N) is 2. The van der Waals surface area contributed by atoms with E-state index in [9.17, 15) is 13.2 Å². The van der Waals surface area contributed by atoms with E-state index in [1.807, 2.05) is 0 Å². The SMILES string of the molecule is Cn1cccc1C(=O)Nc1cccc(S(=O)(=O)NC(C)(C)C)c1. The highest BCUT2D eigenvalue weighted by atomic mass is 32.2. The zero-order valence-electron chi connectivity index (χ0n) is 13.6. The van der Waals surface area contributed by atoms with Gasteiger partial charge >= 0.3 is 0 Å². The Balaban J connectivity index is 2.24. The van der Waals surface area contributed by atoms with Gasteiger partial charge in [0.2, 0.25) is 10.0 Å². The molecule has 0 atom stereocenters. The molecule has 0 spiro atoms. The van der Waals surface area contributed by atoms with Gasteiger partial charge < -0.3 is 9.88 Å². The largest absolute Gasteiger partial charge is 0.347 e. The minimum absolute atomic E-state index is 0.108. The second kappa shape index (κ2) is 6.17. The molecule has 0 unspecified atom stereocenters. The van der Waals surface area contributed by atoms with E-state index in [0.717, 1.165) is 0 Å². The monoisotopic (exact) mass is 335 g/mol. The van der Waals surface area contributed by atoms with Gasteiger partial charge in [-0.15, -0.1) is 0 Å². The lowest BCUT2D eigenvalue weighted by Crippen LogP contribution is -2.40. The normalized spacial score (nSPS) is 12.2. The zero-order valence-corrected chi connectivity index (χ0v) is 14.4. The van der Waals surface area contributed by atoms with Crippen molar-refractivity contribution in [2.75, 3.05) is 5.32 Å². The van der Waals surface area contributed by atoms with E-state index in [1.54, 1.807) is 62.8 Å². The summed E-state index contributed by atoms with van der Waals surface area (Å²) in [6.45, 7) is 5.31. The van der Waals surface area contributed by atoms with E-state index in [2.05, 4.69) is 10.0 Å². The molecule has 0 saturated carbocycles. The summed E-state index contributed by atoms with van der Waals surface area (Å²) in [5.41, 5.74) is 0.334. The summed E-state index contributed by atoms with van der Waals surface area (Å²) in [7, 11) is -1.88. The molecule has 0 saturated heterocycles. The van der Waals surface area contributed by atoms with Gasteiger partial charge in [0.05, 0.1) is 4.90 Å². The van der Waals surface area contributed by atoms with Crippen LogP contribution in [-0.2, 0) is 17.1 Å². The molecule has 7 heteroatoms. The Morgan fingerprint density at radius 3 is 2.39 bits per heavy atom. The molecule has 1 aromatic heterocycles. The molecule has 0 aliphatic heterocycles. The fourth-order valence-electron chi connectivity index (χ4n) is 2.10. The number of hydrogen-bond acceptors (Lipinski definition) is 3. The van der Waals surface area contributed by atoms with Crippen LogP contribution in [0.25, 0.3) is 0 Å². The van der Waals surface area contributed by atoms with Crippen molar-refractivity contribution in [3.63, 3.8) is 0 Å². The topological polar surface area (TPSA) is 80.2 Å². The third-order valence-corrected chi connectivity index (χ3v) is 4.77. The van der Waals surface area contributed by atoms with Crippen molar-refractivity contribution in [1.29, 1.82) is 0 Å². The van der Waals surface area contributed by atoms with Crippen LogP contribution >= 0.6 is 0 Å². The minimum atomic E-state index is -3.64. The highest BCUT2D eigenvalue weighted by Gasteiger charge is 2.22. The molecule has 0 aliphatic carbocycles. The summed E-state index contributed by atoms with van der Waals surface area (Å²) in [5.74, 6) is -0.296. The van der Waals surface area contributed by atoms with Gasteiger partial charge in [-0.3, -0.25) is 4.79 Å². The Morgan fingerprint density at radius 2 is 1.83 bits per heavy atom. The van der Waals surface area contributed by atoms with Gasteiger partial charge in [-0.25, -0.2) is 13.1 Å². The summed E-state index contributed by atoms with van der Waals surface area (Å²) in [5, 5.41) is 2.71. The van der Waals surface area contributed by atoms with Crippen LogP contribution < -0.4 is 10.0 Å². The molecule has 1 heterocycles. The van der Waals surface area contributed by atoms with Gasteiger partial charge in [0.1, 0.15) is 5.69 Å². The predicted molar refractivity (Wildman–Crippen MR) is 89.9 cm³/mol. The average molecular weight is 335 g/mol. The smallest absolute Gasteiger partial charge is 0.272 e. The molecule has 6 nitrogen and oxygen atoms in total. The van der Waals surface area contributed by atoms with Crippen LogP contribution in [0.3, 0.4) is 0 Å². The number of aryl methyl sites for hydroxylation is 1. The van der Waals surface area contributed by atoms with E-state index >= 15 is 0 Å². The van der Waals surface area contributed by atoms with Crippen molar-refractivity contribution in [2.24, 2.45) is 7.05 Å². The number of sulfonamides is 1. The summed E-state index contributed by atoms with van der Waals surface area (Å²) >= 11 is 0. The summed E-state index contributed by atoms with van der Waals surface area (Å²) in [4.78, 5) is 12.3. The number of hydrogen-bond donors (Lipinski definition) is 2. The lowest BCUT2D eigenvalue weighted by atomic mass is 10.1. The number of carbonyl (C=O) groups is 1. The maximum absolute atomic E-state index is 12.3. The van der Waals surface area contributed by atoms with Gasteiger partial charge in [0.15, 0.2) is 0 Å². The van der Waals surface area contributed by atoms with Crippen molar-refractivity contribution in [1.82, 2.24) is 9.29 Å². The predicted octanol–water partition coefficient (Wildman–Crippen LogP) is 2.35. The average Bonchev–Trinajstić information content (AvgIpc) is 2.82. The zero-order chi connectivity index (χ0) is 17.3. The second-order valence-electron chi connectivity index (χ2n) is 6.34. The molecule has 0 fully saturated rings. The van der Waals surface area contributed by atoms with Crippen LogP contribution in [0, 0.1) is 0 Å². The fraction of sp³-hybridized carbons (Fsp3) is 0.312. The van der Waals surface area contributed by atoms with Crippen LogP contribution in [0.4, 0.5) is 5.69 Å². The maximum atomic E-state index is 12.3. The summed E-state index contributed by atoms with van der Waals surface area (Å²) < 4.78 is 29.0. The first-order valence-corrected chi connectivity index (χ1v) is 8.63. The first-order chi connectivity index (χ1) is 10.6. The van der Waals surface area contributed by atoms with Crippen LogP contribution in [0.5, 0.6) is 0 Å². The van der Waals surface area contributed by atoms with Gasteiger partial charge in [0.25, 0.3) is 5.91 Å². The number of nitrogens with zero attached hydrogens (tertiary/aromatic N) is 1. The number of carbonyl (C=O) groups excluding carboxylic acids is 1. The second-order valence-corrected chi connectivity index (χ2v) is 8.02. The minimum Gasteiger partial charge on any atom is -0.347 e. The molecule has 124 valence electrons. The lowest BCUT2D eigenvalue weighted by molar-refractivity contribution is 0.101. The molecule has 2 N–H and O–H groups in total. The maximum Gasteiger partial charge on any atom is 0.272 e. The molecule has 2 aromatic rings.